The molecule has 11 rings (SSSR count). The van der Waals surface area contributed by atoms with Gasteiger partial charge in [-0.3, -0.25) is 4.57 Å². The van der Waals surface area contributed by atoms with E-state index in [0.717, 1.165) is 67.4 Å². The number of hydrogen-bond donors (Lipinski definition) is 0. The summed E-state index contributed by atoms with van der Waals surface area (Å²) in [6.45, 7) is 4.67. The Morgan fingerprint density at radius 1 is 0.492 bits per heavy atom. The van der Waals surface area contributed by atoms with Crippen molar-refractivity contribution in [2.24, 2.45) is 0 Å². The molecule has 0 unspecified atom stereocenters. The molecule has 0 bridgehead atoms. The number of para-hydroxylation sites is 2. The minimum absolute atomic E-state index is 0.565. The highest BCUT2D eigenvalue weighted by atomic mass is 15.2. The minimum Gasteiger partial charge on any atom is -0.310 e. The monoisotopic (exact) mass is 755 g/mol. The van der Waals surface area contributed by atoms with Gasteiger partial charge in [0.05, 0.1) is 22.2 Å². The lowest BCUT2D eigenvalue weighted by Gasteiger charge is -2.14. The van der Waals surface area contributed by atoms with Crippen LogP contribution in [0.5, 0.6) is 0 Å². The summed E-state index contributed by atoms with van der Waals surface area (Å²) in [7, 11) is 0. The third-order valence-corrected chi connectivity index (χ3v) is 11.4. The molecule has 10 aromatic rings. The summed E-state index contributed by atoms with van der Waals surface area (Å²) in [5, 5.41) is 5.84. The first kappa shape index (κ1) is 34.4. The number of allylic oxidation sites excluding steroid dienone is 6. The van der Waals surface area contributed by atoms with Gasteiger partial charge in [-0.1, -0.05) is 164 Å². The van der Waals surface area contributed by atoms with Crippen LogP contribution in [0.2, 0.25) is 0 Å². The second-order valence-corrected chi connectivity index (χ2v) is 14.9. The standard InChI is InChI=1S/C54H37N5/c1-36-18-6-2-13-27-44-43-28-16-17-29-47(43)58(41-24-11-5-12-25-41)50(44)35-45(36)40-31-32-48-46(34-40)51-42-26-15-14-19-37(42)30-33-49(51)59(48)54-56-52(38-20-7-3-8-21-38)55-53(57-54)39-22-9-4-10-23-39/h2-26,28-35H,1,27H2/b13-2-,18-6-,45-35?. The van der Waals surface area contributed by atoms with Gasteiger partial charge in [0.1, 0.15) is 0 Å². The SMILES string of the molecule is C=C1/C=C\C=C/Cc2c(n(-c3ccccc3)c3ccccc23)C=C1c1ccc2c(c1)c1c3ccccc3ccc1n2-c1nc(-c2ccccc2)nc(-c2ccccc2)n1. The van der Waals surface area contributed by atoms with Crippen LogP contribution in [0.25, 0.3) is 89.5 Å². The summed E-state index contributed by atoms with van der Waals surface area (Å²) in [5.41, 5.74) is 11.7. The van der Waals surface area contributed by atoms with Crippen molar-refractivity contribution in [3.05, 3.63) is 223 Å². The van der Waals surface area contributed by atoms with Crippen LogP contribution in [0.1, 0.15) is 16.8 Å². The zero-order valence-corrected chi connectivity index (χ0v) is 32.2. The lowest BCUT2D eigenvalue weighted by Crippen LogP contribution is -2.06. The van der Waals surface area contributed by atoms with E-state index in [-0.39, 0.29) is 0 Å². The molecule has 5 heteroatoms. The summed E-state index contributed by atoms with van der Waals surface area (Å²) in [4.78, 5) is 15.4. The first-order valence-electron chi connectivity index (χ1n) is 20.0. The normalized spacial score (nSPS) is 14.1. The summed E-state index contributed by atoms with van der Waals surface area (Å²) < 4.78 is 4.60. The van der Waals surface area contributed by atoms with Crippen LogP contribution in [-0.2, 0) is 6.42 Å². The molecular weight excluding hydrogens is 719 g/mol. The van der Waals surface area contributed by atoms with E-state index in [1.165, 1.54) is 27.2 Å². The Kier molecular flexibility index (Phi) is 8.30. The smallest absolute Gasteiger partial charge is 0.238 e. The Morgan fingerprint density at radius 2 is 1.12 bits per heavy atom. The van der Waals surface area contributed by atoms with Crippen LogP contribution in [0.4, 0.5) is 0 Å². The van der Waals surface area contributed by atoms with Crippen LogP contribution in [0.3, 0.4) is 0 Å². The van der Waals surface area contributed by atoms with E-state index >= 15 is 0 Å². The van der Waals surface area contributed by atoms with Crippen molar-refractivity contribution >= 4 is 55.1 Å². The van der Waals surface area contributed by atoms with Crippen LogP contribution < -0.4 is 0 Å². The zero-order chi connectivity index (χ0) is 39.3. The van der Waals surface area contributed by atoms with Gasteiger partial charge in [0.25, 0.3) is 0 Å². The van der Waals surface area contributed by atoms with Crippen LogP contribution in [-0.4, -0.2) is 24.1 Å². The predicted molar refractivity (Wildman–Crippen MR) is 245 cm³/mol. The molecule has 0 atom stereocenters. The van der Waals surface area contributed by atoms with E-state index < -0.39 is 0 Å². The van der Waals surface area contributed by atoms with Crippen LogP contribution >= 0.6 is 0 Å². The highest BCUT2D eigenvalue weighted by Gasteiger charge is 2.22. The third-order valence-electron chi connectivity index (χ3n) is 11.4. The van der Waals surface area contributed by atoms with Crippen molar-refractivity contribution in [3.8, 4) is 34.4 Å². The maximum absolute atomic E-state index is 5.20. The third kappa shape index (κ3) is 5.91. The van der Waals surface area contributed by atoms with Crippen molar-refractivity contribution < 1.29 is 0 Å². The van der Waals surface area contributed by atoms with Crippen LogP contribution in [0.15, 0.2) is 206 Å². The lowest BCUT2D eigenvalue weighted by atomic mass is 9.93. The average Bonchev–Trinajstić information content (AvgIpc) is 3.80. The van der Waals surface area contributed by atoms with Gasteiger partial charge in [-0.05, 0) is 81.9 Å². The van der Waals surface area contributed by atoms with Crippen molar-refractivity contribution in [1.29, 1.82) is 0 Å². The molecule has 0 saturated carbocycles. The molecule has 1 aliphatic carbocycles. The second-order valence-electron chi connectivity index (χ2n) is 14.9. The fourth-order valence-electron chi connectivity index (χ4n) is 8.64. The summed E-state index contributed by atoms with van der Waals surface area (Å²) in [6.07, 6.45) is 11.7. The maximum Gasteiger partial charge on any atom is 0.238 e. The molecule has 3 aromatic heterocycles. The molecule has 0 amide bonds. The van der Waals surface area contributed by atoms with Gasteiger partial charge in [0.15, 0.2) is 11.6 Å². The molecule has 278 valence electrons. The van der Waals surface area contributed by atoms with E-state index in [1.807, 2.05) is 60.7 Å². The van der Waals surface area contributed by atoms with Crippen molar-refractivity contribution in [1.82, 2.24) is 24.1 Å². The molecule has 0 N–H and O–H groups in total. The zero-order valence-electron chi connectivity index (χ0n) is 32.2. The fraction of sp³-hybridized carbons (Fsp3) is 0.0185. The fourth-order valence-corrected chi connectivity index (χ4v) is 8.64. The average molecular weight is 756 g/mol. The van der Waals surface area contributed by atoms with Gasteiger partial charge >= 0.3 is 0 Å². The quantitative estimate of drug-likeness (QED) is 0.176. The molecule has 59 heavy (non-hydrogen) atoms. The maximum atomic E-state index is 5.20. The van der Waals surface area contributed by atoms with E-state index in [4.69, 9.17) is 15.0 Å². The Bertz CT molecular complexity index is 3290. The van der Waals surface area contributed by atoms with Gasteiger partial charge < -0.3 is 4.57 Å². The first-order chi connectivity index (χ1) is 29.2. The van der Waals surface area contributed by atoms with Crippen LogP contribution in [0, 0.1) is 0 Å². The Hall–Kier alpha value is -7.89. The van der Waals surface area contributed by atoms with Gasteiger partial charge in [0, 0.05) is 33.0 Å². The molecule has 0 spiro atoms. The molecule has 3 heterocycles. The lowest BCUT2D eigenvalue weighted by molar-refractivity contribution is 0.953. The molecule has 7 aromatic carbocycles. The molecule has 0 aliphatic heterocycles. The Balaban J connectivity index is 1.20. The first-order valence-corrected chi connectivity index (χ1v) is 20.0. The van der Waals surface area contributed by atoms with E-state index in [9.17, 15) is 0 Å². The topological polar surface area (TPSA) is 48.5 Å². The van der Waals surface area contributed by atoms with Gasteiger partial charge in [0.2, 0.25) is 5.95 Å². The molecule has 0 saturated heterocycles. The van der Waals surface area contributed by atoms with Crippen molar-refractivity contribution in [2.75, 3.05) is 0 Å². The summed E-state index contributed by atoms with van der Waals surface area (Å²) >= 11 is 0. The molecule has 0 radical (unpaired) electrons. The molecule has 1 aliphatic rings. The van der Waals surface area contributed by atoms with E-state index in [2.05, 4.69) is 155 Å². The highest BCUT2D eigenvalue weighted by molar-refractivity contribution is 6.22. The van der Waals surface area contributed by atoms with E-state index in [1.54, 1.807) is 0 Å². The molecule has 5 nitrogen and oxygen atoms in total. The van der Waals surface area contributed by atoms with Gasteiger partial charge in [-0.15, -0.1) is 0 Å². The van der Waals surface area contributed by atoms with Crippen molar-refractivity contribution in [3.63, 3.8) is 0 Å². The number of rotatable bonds is 5. The number of nitrogens with zero attached hydrogens (tertiary/aromatic N) is 5. The number of aromatic nitrogens is 5. The molecular formula is C54H37N5. The molecule has 0 fully saturated rings. The van der Waals surface area contributed by atoms with E-state index in [0.29, 0.717) is 17.6 Å². The number of fused-ring (bicyclic) bond motifs is 8. The Labute approximate surface area is 341 Å². The summed E-state index contributed by atoms with van der Waals surface area (Å²) in [6, 6.07) is 59.4. The second kappa shape index (κ2) is 14.2. The highest BCUT2D eigenvalue weighted by Crippen LogP contribution is 2.41. The minimum atomic E-state index is 0.565. The largest absolute Gasteiger partial charge is 0.310 e. The number of hydrogen-bond acceptors (Lipinski definition) is 3. The predicted octanol–water partition coefficient (Wildman–Crippen LogP) is 13.2. The number of benzene rings is 7. The van der Waals surface area contributed by atoms with Gasteiger partial charge in [-0.25, -0.2) is 4.98 Å². The van der Waals surface area contributed by atoms with Crippen molar-refractivity contribution in [2.45, 2.75) is 6.42 Å². The Morgan fingerprint density at radius 3 is 1.86 bits per heavy atom. The summed E-state index contributed by atoms with van der Waals surface area (Å²) in [5.74, 6) is 1.81. The van der Waals surface area contributed by atoms with Gasteiger partial charge in [-0.2, -0.15) is 9.97 Å².